The minimum absolute atomic E-state index is 0.168. The van der Waals surface area contributed by atoms with E-state index in [9.17, 15) is 9.59 Å². The minimum atomic E-state index is -0.840. The average Bonchev–Trinajstić information content (AvgIpc) is 3.20. The van der Waals surface area contributed by atoms with Crippen molar-refractivity contribution >= 4 is 33.4 Å². The Morgan fingerprint density at radius 1 is 1.29 bits per heavy atom. The smallest absolute Gasteiger partial charge is 0.308 e. The average molecular weight is 401 g/mol. The van der Waals surface area contributed by atoms with Crippen LogP contribution in [0.25, 0.3) is 10.2 Å². The van der Waals surface area contributed by atoms with Crippen molar-refractivity contribution < 1.29 is 14.3 Å². The number of amides is 1. The number of hydrogen-bond acceptors (Lipinski definition) is 6. The first-order chi connectivity index (χ1) is 13.3. The van der Waals surface area contributed by atoms with Gasteiger partial charge >= 0.3 is 5.97 Å². The highest BCUT2D eigenvalue weighted by Gasteiger charge is 2.22. The Labute approximate surface area is 167 Å². The second-order valence-corrected chi connectivity index (χ2v) is 7.92. The summed E-state index contributed by atoms with van der Waals surface area (Å²) >= 11 is 1.56. The van der Waals surface area contributed by atoms with Gasteiger partial charge in [-0.15, -0.1) is 11.3 Å². The zero-order valence-corrected chi connectivity index (χ0v) is 17.3. The van der Waals surface area contributed by atoms with Gasteiger partial charge in [0.1, 0.15) is 5.01 Å². The van der Waals surface area contributed by atoms with E-state index in [1.807, 2.05) is 44.2 Å². The van der Waals surface area contributed by atoms with Gasteiger partial charge in [-0.25, -0.2) is 4.98 Å². The number of para-hydroxylation sites is 1. The molecule has 1 aromatic carbocycles. The largest absolute Gasteiger partial charge is 0.452 e. The van der Waals surface area contributed by atoms with Gasteiger partial charge < -0.3 is 9.64 Å². The van der Waals surface area contributed by atoms with Gasteiger partial charge in [-0.1, -0.05) is 12.1 Å². The predicted molar refractivity (Wildman–Crippen MR) is 108 cm³/mol. The lowest BCUT2D eigenvalue weighted by Gasteiger charge is -2.20. The second-order valence-electron chi connectivity index (χ2n) is 6.80. The summed E-state index contributed by atoms with van der Waals surface area (Å²) in [5.74, 6) is -0.666. The summed E-state index contributed by atoms with van der Waals surface area (Å²) in [6.07, 6.45) is -0.673. The number of hydrogen-bond donors (Lipinski definition) is 0. The lowest BCUT2D eigenvalue weighted by atomic mass is 10.3. The number of nitrogens with zero attached hydrogens (tertiary/aromatic N) is 4. The molecule has 0 aliphatic carbocycles. The first-order valence-corrected chi connectivity index (χ1v) is 9.95. The maximum absolute atomic E-state index is 12.5. The molecule has 0 aliphatic rings. The Morgan fingerprint density at radius 2 is 2.04 bits per heavy atom. The number of thiazole rings is 1. The van der Waals surface area contributed by atoms with E-state index in [0.29, 0.717) is 13.1 Å². The molecule has 2 aromatic heterocycles. The summed E-state index contributed by atoms with van der Waals surface area (Å²) in [5, 5.41) is 5.16. The number of benzene rings is 1. The molecule has 0 saturated carbocycles. The Morgan fingerprint density at radius 3 is 2.71 bits per heavy atom. The van der Waals surface area contributed by atoms with Crippen LogP contribution in [0.5, 0.6) is 0 Å². The molecule has 0 aliphatic heterocycles. The van der Waals surface area contributed by atoms with E-state index in [0.717, 1.165) is 26.6 Å². The maximum atomic E-state index is 12.5. The van der Waals surface area contributed by atoms with Crippen LogP contribution in [0, 0.1) is 13.8 Å². The first-order valence-electron chi connectivity index (χ1n) is 9.13. The Balaban J connectivity index is 1.51. The zero-order chi connectivity index (χ0) is 20.3. The second kappa shape index (κ2) is 8.52. The third-order valence-corrected chi connectivity index (χ3v) is 5.40. The Bertz CT molecular complexity index is 961. The summed E-state index contributed by atoms with van der Waals surface area (Å²) in [5.41, 5.74) is 2.82. The lowest BCUT2D eigenvalue weighted by molar-refractivity contribution is -0.159. The van der Waals surface area contributed by atoms with E-state index >= 15 is 0 Å². The van der Waals surface area contributed by atoms with Gasteiger partial charge in [-0.2, -0.15) is 5.10 Å². The number of rotatable bonds is 7. The van der Waals surface area contributed by atoms with E-state index < -0.39 is 12.1 Å². The van der Waals surface area contributed by atoms with Crippen LogP contribution in [0.4, 0.5) is 0 Å². The summed E-state index contributed by atoms with van der Waals surface area (Å²) < 4.78 is 8.16. The van der Waals surface area contributed by atoms with Crippen molar-refractivity contribution in [1.82, 2.24) is 19.7 Å². The molecular formula is C20H24N4O3S. The summed E-state index contributed by atoms with van der Waals surface area (Å²) in [6.45, 7) is 6.25. The molecule has 0 radical (unpaired) electrons. The van der Waals surface area contributed by atoms with Crippen molar-refractivity contribution in [3.63, 3.8) is 0 Å². The number of likely N-dealkylation sites (N-methyl/N-ethyl adjacent to an activating group) is 1. The van der Waals surface area contributed by atoms with Crippen molar-refractivity contribution in [2.75, 3.05) is 7.05 Å². The first kappa shape index (κ1) is 20.0. The fraction of sp³-hybridized carbons (Fsp3) is 0.400. The number of aromatic nitrogens is 3. The summed E-state index contributed by atoms with van der Waals surface area (Å²) in [7, 11) is 1.69. The van der Waals surface area contributed by atoms with Gasteiger partial charge in [0, 0.05) is 12.7 Å². The highest BCUT2D eigenvalue weighted by atomic mass is 32.1. The van der Waals surface area contributed by atoms with Gasteiger partial charge in [0.15, 0.2) is 6.10 Å². The number of aryl methyl sites for hydroxylation is 3. The molecule has 0 bridgehead atoms. The van der Waals surface area contributed by atoms with Crippen LogP contribution in [0.1, 0.15) is 29.7 Å². The van der Waals surface area contributed by atoms with Crippen molar-refractivity contribution in [1.29, 1.82) is 0 Å². The third kappa shape index (κ3) is 4.75. The standard InChI is InChI=1S/C20H24N4O3S/c1-13-11-14(2)24(22-13)10-9-19(25)27-15(3)20(26)23(4)12-18-21-16-7-5-6-8-17(16)28-18/h5-8,11,15H,9-10,12H2,1-4H3. The molecule has 3 rings (SSSR count). The molecule has 3 aromatic rings. The van der Waals surface area contributed by atoms with Crippen molar-refractivity contribution in [3.05, 3.63) is 46.7 Å². The lowest BCUT2D eigenvalue weighted by Crippen LogP contribution is -2.37. The Kier molecular flexibility index (Phi) is 6.08. The van der Waals surface area contributed by atoms with E-state index in [1.165, 1.54) is 4.90 Å². The zero-order valence-electron chi connectivity index (χ0n) is 16.5. The number of carbonyl (C=O) groups excluding carboxylic acids is 2. The SMILES string of the molecule is Cc1cc(C)n(CCC(=O)OC(C)C(=O)N(C)Cc2nc3ccccc3s2)n1. The van der Waals surface area contributed by atoms with Crippen LogP contribution in [-0.4, -0.2) is 44.7 Å². The van der Waals surface area contributed by atoms with Crippen molar-refractivity contribution in [3.8, 4) is 0 Å². The molecule has 0 N–H and O–H groups in total. The van der Waals surface area contributed by atoms with Crippen LogP contribution in [0.15, 0.2) is 30.3 Å². The third-order valence-electron chi connectivity index (χ3n) is 4.37. The van der Waals surface area contributed by atoms with Gasteiger partial charge in [-0.05, 0) is 39.0 Å². The normalized spacial score (nSPS) is 12.1. The number of fused-ring (bicyclic) bond motifs is 1. The molecule has 1 atom stereocenters. The van der Waals surface area contributed by atoms with Crippen LogP contribution >= 0.6 is 11.3 Å². The van der Waals surface area contributed by atoms with Gasteiger partial charge in [-0.3, -0.25) is 14.3 Å². The number of ether oxygens (including phenoxy) is 1. The molecule has 7 nitrogen and oxygen atoms in total. The predicted octanol–water partition coefficient (Wildman–Crippen LogP) is 3.09. The molecule has 1 unspecified atom stereocenters. The van der Waals surface area contributed by atoms with Crippen molar-refractivity contribution in [2.45, 2.75) is 46.4 Å². The fourth-order valence-corrected chi connectivity index (χ4v) is 4.00. The summed E-state index contributed by atoms with van der Waals surface area (Å²) in [4.78, 5) is 30.7. The molecule has 0 fully saturated rings. The highest BCUT2D eigenvalue weighted by Crippen LogP contribution is 2.22. The Hall–Kier alpha value is -2.74. The maximum Gasteiger partial charge on any atom is 0.308 e. The molecule has 0 saturated heterocycles. The van der Waals surface area contributed by atoms with Crippen LogP contribution in [0.2, 0.25) is 0 Å². The molecule has 8 heteroatoms. The van der Waals surface area contributed by atoms with E-state index in [1.54, 1.807) is 30.0 Å². The number of carbonyl (C=O) groups is 2. The van der Waals surface area contributed by atoms with E-state index in [4.69, 9.17) is 4.74 Å². The molecule has 28 heavy (non-hydrogen) atoms. The van der Waals surface area contributed by atoms with E-state index in [2.05, 4.69) is 10.1 Å². The summed E-state index contributed by atoms with van der Waals surface area (Å²) in [6, 6.07) is 9.81. The molecule has 148 valence electrons. The van der Waals surface area contributed by atoms with Crippen molar-refractivity contribution in [2.24, 2.45) is 0 Å². The molecule has 0 spiro atoms. The molecular weight excluding hydrogens is 376 g/mol. The fourth-order valence-electron chi connectivity index (χ4n) is 2.98. The van der Waals surface area contributed by atoms with Gasteiger partial charge in [0.25, 0.3) is 5.91 Å². The van der Waals surface area contributed by atoms with Crippen LogP contribution in [0.3, 0.4) is 0 Å². The monoisotopic (exact) mass is 400 g/mol. The van der Waals surface area contributed by atoms with Gasteiger partial charge in [0.05, 0.1) is 35.4 Å². The number of esters is 1. The van der Waals surface area contributed by atoms with Crippen LogP contribution in [-0.2, 0) is 27.4 Å². The molecule has 2 heterocycles. The topological polar surface area (TPSA) is 77.3 Å². The quantitative estimate of drug-likeness (QED) is 0.570. The minimum Gasteiger partial charge on any atom is -0.452 e. The highest BCUT2D eigenvalue weighted by molar-refractivity contribution is 7.18. The van der Waals surface area contributed by atoms with E-state index in [-0.39, 0.29) is 12.3 Å². The van der Waals surface area contributed by atoms with Gasteiger partial charge in [0.2, 0.25) is 0 Å². The van der Waals surface area contributed by atoms with Crippen LogP contribution < -0.4 is 0 Å². The molecule has 1 amide bonds.